The molecular formula is C18H32N4. The highest BCUT2D eigenvalue weighted by Crippen LogP contribution is 2.21. The van der Waals surface area contributed by atoms with Crippen LogP contribution in [0, 0.1) is 12.3 Å². The summed E-state index contributed by atoms with van der Waals surface area (Å²) in [5.41, 5.74) is 2.58. The summed E-state index contributed by atoms with van der Waals surface area (Å²) >= 11 is 0. The number of nitrogens with one attached hydrogen (secondary N) is 2. The topological polar surface area (TPSA) is 49.3 Å². The summed E-state index contributed by atoms with van der Waals surface area (Å²) in [6, 6.07) is 4.44. The van der Waals surface area contributed by atoms with Gasteiger partial charge in [0, 0.05) is 18.8 Å². The van der Waals surface area contributed by atoms with Crippen molar-refractivity contribution in [3.05, 3.63) is 29.6 Å². The molecule has 4 heteroatoms. The fraction of sp³-hybridized carbons (Fsp3) is 0.667. The van der Waals surface area contributed by atoms with Crippen molar-refractivity contribution < 1.29 is 0 Å². The standard InChI is InChI=1S/C18H32N4/c1-7-19-17(22-15(3)10-11-18(4,5)6)21-13-16-14(2)9-8-12-20-16/h8-9,12,15H,7,10-11,13H2,1-6H3,(H2,19,21,22). The number of rotatable bonds is 6. The van der Waals surface area contributed by atoms with Crippen LogP contribution in [0.2, 0.25) is 0 Å². The van der Waals surface area contributed by atoms with Gasteiger partial charge in [0.2, 0.25) is 0 Å². The molecule has 1 aromatic heterocycles. The molecule has 1 unspecified atom stereocenters. The molecule has 2 N–H and O–H groups in total. The second-order valence-corrected chi connectivity index (χ2v) is 7.11. The first-order valence-corrected chi connectivity index (χ1v) is 8.27. The lowest BCUT2D eigenvalue weighted by Crippen LogP contribution is -2.42. The molecule has 22 heavy (non-hydrogen) atoms. The first kappa shape index (κ1) is 18.5. The van der Waals surface area contributed by atoms with E-state index >= 15 is 0 Å². The highest BCUT2D eigenvalue weighted by Gasteiger charge is 2.13. The number of hydrogen-bond donors (Lipinski definition) is 2. The Morgan fingerprint density at radius 1 is 1.36 bits per heavy atom. The lowest BCUT2D eigenvalue weighted by Gasteiger charge is -2.23. The van der Waals surface area contributed by atoms with Crippen molar-refractivity contribution in [1.29, 1.82) is 0 Å². The first-order chi connectivity index (χ1) is 10.3. The number of aryl methyl sites for hydroxylation is 1. The fourth-order valence-electron chi connectivity index (χ4n) is 2.11. The summed E-state index contributed by atoms with van der Waals surface area (Å²) in [4.78, 5) is 9.06. The Labute approximate surface area is 135 Å². The van der Waals surface area contributed by atoms with E-state index in [4.69, 9.17) is 0 Å². The van der Waals surface area contributed by atoms with Crippen molar-refractivity contribution in [1.82, 2.24) is 15.6 Å². The van der Waals surface area contributed by atoms with Crippen LogP contribution in [0.5, 0.6) is 0 Å². The largest absolute Gasteiger partial charge is 0.357 e. The average molecular weight is 304 g/mol. The van der Waals surface area contributed by atoms with E-state index in [2.05, 4.69) is 68.2 Å². The number of guanidine groups is 1. The van der Waals surface area contributed by atoms with Crippen LogP contribution in [0.3, 0.4) is 0 Å². The zero-order valence-electron chi connectivity index (χ0n) is 15.0. The molecule has 0 amide bonds. The van der Waals surface area contributed by atoms with Gasteiger partial charge in [-0.15, -0.1) is 0 Å². The molecule has 0 bridgehead atoms. The van der Waals surface area contributed by atoms with E-state index < -0.39 is 0 Å². The molecule has 0 radical (unpaired) electrons. The molecule has 1 heterocycles. The number of nitrogens with zero attached hydrogens (tertiary/aromatic N) is 2. The maximum Gasteiger partial charge on any atom is 0.191 e. The summed E-state index contributed by atoms with van der Waals surface area (Å²) < 4.78 is 0. The molecule has 0 aliphatic rings. The van der Waals surface area contributed by atoms with E-state index in [0.717, 1.165) is 24.6 Å². The fourth-order valence-corrected chi connectivity index (χ4v) is 2.11. The van der Waals surface area contributed by atoms with Gasteiger partial charge in [-0.05, 0) is 50.7 Å². The average Bonchev–Trinajstić information content (AvgIpc) is 2.43. The lowest BCUT2D eigenvalue weighted by molar-refractivity contribution is 0.346. The van der Waals surface area contributed by atoms with Gasteiger partial charge in [0.05, 0.1) is 12.2 Å². The van der Waals surface area contributed by atoms with Gasteiger partial charge < -0.3 is 10.6 Å². The highest BCUT2D eigenvalue weighted by atomic mass is 15.2. The Morgan fingerprint density at radius 2 is 2.09 bits per heavy atom. The summed E-state index contributed by atoms with van der Waals surface area (Å²) in [6.07, 6.45) is 4.15. The van der Waals surface area contributed by atoms with Gasteiger partial charge >= 0.3 is 0 Å². The second-order valence-electron chi connectivity index (χ2n) is 7.11. The predicted octanol–water partition coefficient (Wildman–Crippen LogP) is 3.66. The third-order valence-corrected chi connectivity index (χ3v) is 3.56. The Balaban J connectivity index is 2.60. The summed E-state index contributed by atoms with van der Waals surface area (Å²) in [5, 5.41) is 6.80. The van der Waals surface area contributed by atoms with E-state index in [9.17, 15) is 0 Å². The molecule has 0 spiro atoms. The van der Waals surface area contributed by atoms with E-state index in [1.54, 1.807) is 0 Å². The lowest BCUT2D eigenvalue weighted by atomic mass is 9.89. The highest BCUT2D eigenvalue weighted by molar-refractivity contribution is 5.80. The maximum atomic E-state index is 4.66. The third kappa shape index (κ3) is 7.43. The van der Waals surface area contributed by atoms with Crippen molar-refractivity contribution in [3.63, 3.8) is 0 Å². The number of pyridine rings is 1. The van der Waals surface area contributed by atoms with Crippen LogP contribution in [0.1, 0.15) is 58.7 Å². The van der Waals surface area contributed by atoms with Crippen molar-refractivity contribution in [2.24, 2.45) is 10.4 Å². The number of hydrogen-bond acceptors (Lipinski definition) is 2. The van der Waals surface area contributed by atoms with Gasteiger partial charge in [-0.3, -0.25) is 4.98 Å². The summed E-state index contributed by atoms with van der Waals surface area (Å²) in [7, 11) is 0. The van der Waals surface area contributed by atoms with Crippen molar-refractivity contribution >= 4 is 5.96 Å². The second kappa shape index (κ2) is 8.76. The molecule has 0 fully saturated rings. The zero-order valence-corrected chi connectivity index (χ0v) is 15.0. The van der Waals surface area contributed by atoms with E-state index in [1.807, 2.05) is 12.3 Å². The zero-order chi connectivity index (χ0) is 16.6. The van der Waals surface area contributed by atoms with E-state index in [-0.39, 0.29) is 0 Å². The quantitative estimate of drug-likeness (QED) is 0.623. The van der Waals surface area contributed by atoms with Gasteiger partial charge in [0.15, 0.2) is 5.96 Å². The number of aliphatic imine (C=N–C) groups is 1. The molecule has 0 aliphatic carbocycles. The molecule has 1 aromatic rings. The SMILES string of the molecule is CCNC(=NCc1ncccc1C)NC(C)CCC(C)(C)C. The molecule has 0 aromatic carbocycles. The van der Waals surface area contributed by atoms with E-state index in [1.165, 1.54) is 12.0 Å². The van der Waals surface area contributed by atoms with E-state index in [0.29, 0.717) is 18.0 Å². The molecule has 4 nitrogen and oxygen atoms in total. The minimum Gasteiger partial charge on any atom is -0.357 e. The monoisotopic (exact) mass is 304 g/mol. The molecule has 1 rings (SSSR count). The Kier molecular flexibility index (Phi) is 7.36. The third-order valence-electron chi connectivity index (χ3n) is 3.56. The van der Waals surface area contributed by atoms with Crippen LogP contribution in [0.15, 0.2) is 23.3 Å². The molecule has 1 atom stereocenters. The summed E-state index contributed by atoms with van der Waals surface area (Å²) in [5.74, 6) is 0.869. The van der Waals surface area contributed by atoms with Crippen LogP contribution in [-0.2, 0) is 6.54 Å². The minimum absolute atomic E-state index is 0.372. The van der Waals surface area contributed by atoms with Crippen LogP contribution in [0.4, 0.5) is 0 Å². The van der Waals surface area contributed by atoms with Crippen LogP contribution in [-0.4, -0.2) is 23.5 Å². The van der Waals surface area contributed by atoms with Crippen molar-refractivity contribution in [2.45, 2.75) is 67.0 Å². The first-order valence-electron chi connectivity index (χ1n) is 8.27. The molecule has 124 valence electrons. The van der Waals surface area contributed by atoms with Gasteiger partial charge in [-0.25, -0.2) is 4.99 Å². The summed E-state index contributed by atoms with van der Waals surface area (Å²) in [6.45, 7) is 14.7. The van der Waals surface area contributed by atoms with Gasteiger partial charge in [0.25, 0.3) is 0 Å². The van der Waals surface area contributed by atoms with Gasteiger partial charge in [-0.1, -0.05) is 26.8 Å². The normalized spacial score (nSPS) is 13.8. The van der Waals surface area contributed by atoms with Crippen molar-refractivity contribution in [3.8, 4) is 0 Å². The van der Waals surface area contributed by atoms with Crippen molar-refractivity contribution in [2.75, 3.05) is 6.54 Å². The molecule has 0 aliphatic heterocycles. The Morgan fingerprint density at radius 3 is 2.68 bits per heavy atom. The number of aromatic nitrogens is 1. The maximum absolute atomic E-state index is 4.66. The van der Waals surface area contributed by atoms with Gasteiger partial charge in [0.1, 0.15) is 0 Å². The molecule has 0 saturated carbocycles. The molecular weight excluding hydrogens is 272 g/mol. The predicted molar refractivity (Wildman–Crippen MR) is 95.1 cm³/mol. The Bertz CT molecular complexity index is 474. The smallest absolute Gasteiger partial charge is 0.191 e. The van der Waals surface area contributed by atoms with Crippen LogP contribution >= 0.6 is 0 Å². The molecule has 0 saturated heterocycles. The minimum atomic E-state index is 0.372. The van der Waals surface area contributed by atoms with Crippen LogP contribution < -0.4 is 10.6 Å². The van der Waals surface area contributed by atoms with Crippen LogP contribution in [0.25, 0.3) is 0 Å². The van der Waals surface area contributed by atoms with Gasteiger partial charge in [-0.2, -0.15) is 0 Å². The Hall–Kier alpha value is -1.58.